The van der Waals surface area contributed by atoms with Gasteiger partial charge in [-0.3, -0.25) is 0 Å². The van der Waals surface area contributed by atoms with Gasteiger partial charge in [0.25, 0.3) is 0 Å². The van der Waals surface area contributed by atoms with Crippen molar-refractivity contribution in [3.05, 3.63) is 109 Å². The zero-order valence-electron chi connectivity index (χ0n) is 15.6. The van der Waals surface area contributed by atoms with Gasteiger partial charge < -0.3 is 4.98 Å². The van der Waals surface area contributed by atoms with Crippen molar-refractivity contribution >= 4 is 11.8 Å². The van der Waals surface area contributed by atoms with Gasteiger partial charge in [-0.1, -0.05) is 109 Å². The number of hydrogen-bond donors (Lipinski definition) is 1. The van der Waals surface area contributed by atoms with Gasteiger partial charge in [0.15, 0.2) is 5.16 Å². The Morgan fingerprint density at radius 2 is 1.39 bits per heavy atom. The maximum absolute atomic E-state index is 4.98. The summed E-state index contributed by atoms with van der Waals surface area (Å²) in [6, 6.07) is 31.3. The molecule has 0 amide bonds. The third-order valence-electron chi connectivity index (χ3n) is 4.60. The van der Waals surface area contributed by atoms with Gasteiger partial charge >= 0.3 is 0 Å². The average Bonchev–Trinajstić information content (AvgIpc) is 3.19. The second-order valence-electron chi connectivity index (χ2n) is 6.54. The molecule has 1 unspecified atom stereocenters. The highest BCUT2D eigenvalue weighted by Gasteiger charge is 2.18. The molecule has 1 atom stereocenters. The molecule has 0 fully saturated rings. The van der Waals surface area contributed by atoms with Gasteiger partial charge in [0.1, 0.15) is 0 Å². The molecule has 0 radical (unpaired) electrons. The summed E-state index contributed by atoms with van der Waals surface area (Å²) in [5, 5.41) is 1.20. The minimum Gasteiger partial charge on any atom is -0.332 e. The van der Waals surface area contributed by atoms with Crippen LogP contribution in [0.3, 0.4) is 0 Å². The van der Waals surface area contributed by atoms with Crippen LogP contribution in [0, 0.1) is 0 Å². The van der Waals surface area contributed by atoms with Crippen LogP contribution >= 0.6 is 11.8 Å². The van der Waals surface area contributed by atoms with Gasteiger partial charge in [0.2, 0.25) is 0 Å². The summed E-state index contributed by atoms with van der Waals surface area (Å²) in [6.45, 7) is 3.94. The van der Waals surface area contributed by atoms with Crippen LogP contribution < -0.4 is 0 Å². The van der Waals surface area contributed by atoms with E-state index in [1.807, 2.05) is 24.3 Å². The molecule has 0 spiro atoms. The van der Waals surface area contributed by atoms with Crippen molar-refractivity contribution in [2.75, 3.05) is 0 Å². The molecule has 28 heavy (non-hydrogen) atoms. The summed E-state index contributed by atoms with van der Waals surface area (Å²) >= 11 is 1.75. The molecular weight excluding hydrogens is 360 g/mol. The van der Waals surface area contributed by atoms with Crippen LogP contribution in [0.5, 0.6) is 0 Å². The fraction of sp³-hybridized carbons (Fsp3) is 0.0800. The first-order valence-electron chi connectivity index (χ1n) is 9.38. The molecule has 138 valence electrons. The molecule has 4 aromatic rings. The number of H-pyrrole nitrogens is 1. The molecule has 1 heterocycles. The van der Waals surface area contributed by atoms with Crippen LogP contribution in [-0.4, -0.2) is 9.97 Å². The first kappa shape index (κ1) is 18.3. The Hall–Kier alpha value is -3.04. The number of thioether (sulfide) groups is 1. The minimum atomic E-state index is 0.275. The van der Waals surface area contributed by atoms with Gasteiger partial charge in [-0.15, -0.1) is 6.58 Å². The zero-order valence-corrected chi connectivity index (χ0v) is 16.4. The van der Waals surface area contributed by atoms with E-state index in [9.17, 15) is 0 Å². The molecule has 1 N–H and O–H groups in total. The van der Waals surface area contributed by atoms with Crippen LogP contribution in [0.25, 0.3) is 22.5 Å². The highest BCUT2D eigenvalue weighted by atomic mass is 32.2. The summed E-state index contributed by atoms with van der Waals surface area (Å²) in [7, 11) is 0. The lowest BCUT2D eigenvalue weighted by molar-refractivity contribution is 0.950. The SMILES string of the molecule is C=CCC(Sc1nc(-c2ccccc2)c(-c2ccccc2)[nH]1)c1ccccc1. The lowest BCUT2D eigenvalue weighted by atomic mass is 10.1. The van der Waals surface area contributed by atoms with Crippen molar-refractivity contribution < 1.29 is 0 Å². The number of imidazole rings is 1. The molecular formula is C25H22N2S. The zero-order chi connectivity index (χ0) is 19.2. The maximum Gasteiger partial charge on any atom is 0.167 e. The lowest BCUT2D eigenvalue weighted by Gasteiger charge is -2.13. The number of aromatic amines is 1. The summed E-state index contributed by atoms with van der Waals surface area (Å²) in [6.07, 6.45) is 2.86. The third kappa shape index (κ3) is 4.10. The summed E-state index contributed by atoms with van der Waals surface area (Å²) in [4.78, 5) is 8.55. The standard InChI is InChI=1S/C25H22N2S/c1-2-12-22(19-13-6-3-7-14-19)28-25-26-23(20-15-8-4-9-16-20)24(27-25)21-17-10-5-11-18-21/h2-11,13-18,22H,1,12H2,(H,26,27). The van der Waals surface area contributed by atoms with Crippen LogP contribution in [-0.2, 0) is 0 Å². The highest BCUT2D eigenvalue weighted by Crippen LogP contribution is 2.40. The van der Waals surface area contributed by atoms with Gasteiger partial charge in [-0.2, -0.15) is 0 Å². The minimum absolute atomic E-state index is 0.275. The third-order valence-corrected chi connectivity index (χ3v) is 5.76. The normalized spacial score (nSPS) is 11.9. The molecule has 0 aliphatic heterocycles. The van der Waals surface area contributed by atoms with Crippen LogP contribution in [0.1, 0.15) is 17.2 Å². The Morgan fingerprint density at radius 1 is 0.821 bits per heavy atom. The fourth-order valence-corrected chi connectivity index (χ4v) is 4.33. The molecule has 3 aromatic carbocycles. The van der Waals surface area contributed by atoms with E-state index in [1.54, 1.807) is 11.8 Å². The van der Waals surface area contributed by atoms with Crippen molar-refractivity contribution in [1.82, 2.24) is 9.97 Å². The van der Waals surface area contributed by atoms with E-state index in [0.717, 1.165) is 34.1 Å². The smallest absolute Gasteiger partial charge is 0.167 e. The number of nitrogens with zero attached hydrogens (tertiary/aromatic N) is 1. The number of benzene rings is 3. The van der Waals surface area contributed by atoms with Crippen molar-refractivity contribution in [2.45, 2.75) is 16.8 Å². The van der Waals surface area contributed by atoms with E-state index in [0.29, 0.717) is 0 Å². The number of rotatable bonds is 7. The van der Waals surface area contributed by atoms with E-state index in [1.165, 1.54) is 5.56 Å². The quantitative estimate of drug-likeness (QED) is 0.271. The average molecular weight is 383 g/mol. The Balaban J connectivity index is 1.74. The Labute approximate surface area is 170 Å². The van der Waals surface area contributed by atoms with Gasteiger partial charge in [0, 0.05) is 16.4 Å². The summed E-state index contributed by atoms with van der Waals surface area (Å²) in [5.74, 6) is 0. The van der Waals surface area contributed by atoms with E-state index < -0.39 is 0 Å². The molecule has 2 nitrogen and oxygen atoms in total. The molecule has 0 aliphatic rings. The van der Waals surface area contributed by atoms with E-state index in [4.69, 9.17) is 4.98 Å². The Bertz CT molecular complexity index is 967. The van der Waals surface area contributed by atoms with Crippen molar-refractivity contribution in [3.63, 3.8) is 0 Å². The first-order chi connectivity index (χ1) is 13.8. The van der Waals surface area contributed by atoms with Crippen LogP contribution in [0.15, 0.2) is 109 Å². The van der Waals surface area contributed by atoms with Gasteiger partial charge in [-0.25, -0.2) is 4.98 Å². The number of nitrogens with one attached hydrogen (secondary N) is 1. The molecule has 0 saturated carbocycles. The molecule has 3 heteroatoms. The molecule has 1 aromatic heterocycles. The van der Waals surface area contributed by atoms with E-state index in [-0.39, 0.29) is 5.25 Å². The Morgan fingerprint density at radius 3 is 2.00 bits per heavy atom. The first-order valence-corrected chi connectivity index (χ1v) is 10.3. The number of aromatic nitrogens is 2. The van der Waals surface area contributed by atoms with E-state index in [2.05, 4.69) is 84.4 Å². The number of hydrogen-bond acceptors (Lipinski definition) is 2. The summed E-state index contributed by atoms with van der Waals surface area (Å²) in [5.41, 5.74) is 5.58. The monoisotopic (exact) mass is 382 g/mol. The lowest BCUT2D eigenvalue weighted by Crippen LogP contribution is -1.93. The molecule has 0 saturated heterocycles. The molecule has 0 aliphatic carbocycles. The predicted molar refractivity (Wildman–Crippen MR) is 119 cm³/mol. The van der Waals surface area contributed by atoms with Crippen molar-refractivity contribution in [2.24, 2.45) is 0 Å². The highest BCUT2D eigenvalue weighted by molar-refractivity contribution is 7.99. The largest absolute Gasteiger partial charge is 0.332 e. The van der Waals surface area contributed by atoms with Crippen LogP contribution in [0.4, 0.5) is 0 Å². The molecule has 4 rings (SSSR count). The topological polar surface area (TPSA) is 28.7 Å². The van der Waals surface area contributed by atoms with Gasteiger partial charge in [0.05, 0.1) is 11.4 Å². The molecule has 0 bridgehead atoms. The van der Waals surface area contributed by atoms with Crippen molar-refractivity contribution in [3.8, 4) is 22.5 Å². The van der Waals surface area contributed by atoms with Crippen LogP contribution in [0.2, 0.25) is 0 Å². The second kappa shape index (κ2) is 8.77. The predicted octanol–water partition coefficient (Wildman–Crippen LogP) is 7.15. The number of allylic oxidation sites excluding steroid dienone is 1. The maximum atomic E-state index is 4.98. The summed E-state index contributed by atoms with van der Waals surface area (Å²) < 4.78 is 0. The van der Waals surface area contributed by atoms with Gasteiger partial charge in [-0.05, 0) is 12.0 Å². The second-order valence-corrected chi connectivity index (χ2v) is 7.73. The Kier molecular flexibility index (Phi) is 5.74. The van der Waals surface area contributed by atoms with E-state index >= 15 is 0 Å². The fourth-order valence-electron chi connectivity index (χ4n) is 3.23. The van der Waals surface area contributed by atoms with Crippen molar-refractivity contribution in [1.29, 1.82) is 0 Å².